The van der Waals surface area contributed by atoms with Crippen molar-refractivity contribution in [2.24, 2.45) is 0 Å². The van der Waals surface area contributed by atoms with Gasteiger partial charge in [0.15, 0.2) is 0 Å². The second-order valence-electron chi connectivity index (χ2n) is 1.54. The molecule has 3 heteroatoms. The summed E-state index contributed by atoms with van der Waals surface area (Å²) in [6.07, 6.45) is -0.815. The maximum Gasteiger partial charge on any atom is 0.150 e. The lowest BCUT2D eigenvalue weighted by Gasteiger charge is -2.08. The molecule has 0 amide bonds. The summed E-state index contributed by atoms with van der Waals surface area (Å²) >= 11 is 0. The number of nitrogens with zero attached hydrogens (tertiary/aromatic N) is 1. The number of rotatable bonds is 1. The molecule has 1 atom stereocenters. The molecular formula is C4H11ClFN. The van der Waals surface area contributed by atoms with Gasteiger partial charge in [0.25, 0.3) is 0 Å². The van der Waals surface area contributed by atoms with Crippen LogP contribution in [0.3, 0.4) is 0 Å². The highest BCUT2D eigenvalue weighted by atomic mass is 35.5. The minimum absolute atomic E-state index is 0. The molecule has 0 heterocycles. The molecular weight excluding hydrogens is 117 g/mol. The molecule has 0 aliphatic heterocycles. The van der Waals surface area contributed by atoms with Gasteiger partial charge < -0.3 is 0 Å². The van der Waals surface area contributed by atoms with Gasteiger partial charge in [-0.05, 0) is 21.0 Å². The Kier molecular flexibility index (Phi) is 6.34. The molecule has 0 fully saturated rings. The molecule has 0 aliphatic rings. The standard InChI is InChI=1S/C4H10FN.ClH/c1-4(5)6(2)3;/h4H,1-3H3;1H. The first kappa shape index (κ1) is 10.2. The van der Waals surface area contributed by atoms with E-state index < -0.39 is 6.30 Å². The first-order valence-corrected chi connectivity index (χ1v) is 1.95. The average Bonchev–Trinajstić information content (AvgIpc) is 1.36. The molecule has 0 radical (unpaired) electrons. The van der Waals surface area contributed by atoms with Crippen LogP contribution in [0.15, 0.2) is 0 Å². The summed E-state index contributed by atoms with van der Waals surface area (Å²) in [5, 5.41) is 0. The second kappa shape index (κ2) is 4.34. The third-order valence-corrected chi connectivity index (χ3v) is 0.712. The van der Waals surface area contributed by atoms with Crippen LogP contribution < -0.4 is 0 Å². The number of hydrogen-bond donors (Lipinski definition) is 0. The van der Waals surface area contributed by atoms with Crippen molar-refractivity contribution in [2.75, 3.05) is 14.1 Å². The van der Waals surface area contributed by atoms with Crippen molar-refractivity contribution < 1.29 is 4.39 Å². The lowest BCUT2D eigenvalue weighted by atomic mass is 10.6. The summed E-state index contributed by atoms with van der Waals surface area (Å²) < 4.78 is 11.8. The van der Waals surface area contributed by atoms with E-state index in [0.29, 0.717) is 0 Å². The lowest BCUT2D eigenvalue weighted by molar-refractivity contribution is 0.158. The molecule has 0 N–H and O–H groups in total. The zero-order chi connectivity index (χ0) is 5.15. The molecule has 7 heavy (non-hydrogen) atoms. The Morgan fingerprint density at radius 3 is 1.57 bits per heavy atom. The van der Waals surface area contributed by atoms with Crippen LogP contribution in [0.25, 0.3) is 0 Å². The van der Waals surface area contributed by atoms with Gasteiger partial charge in [-0.3, -0.25) is 4.90 Å². The Labute approximate surface area is 49.9 Å². The molecule has 0 aliphatic carbocycles. The summed E-state index contributed by atoms with van der Waals surface area (Å²) in [4.78, 5) is 1.50. The highest BCUT2D eigenvalue weighted by molar-refractivity contribution is 5.85. The van der Waals surface area contributed by atoms with E-state index in [1.165, 1.54) is 11.8 Å². The largest absolute Gasteiger partial charge is 0.280 e. The molecule has 0 rings (SSSR count). The topological polar surface area (TPSA) is 3.24 Å². The van der Waals surface area contributed by atoms with Gasteiger partial charge in [-0.1, -0.05) is 0 Å². The van der Waals surface area contributed by atoms with Crippen molar-refractivity contribution in [1.29, 1.82) is 0 Å². The van der Waals surface area contributed by atoms with E-state index in [4.69, 9.17) is 0 Å². The second-order valence-corrected chi connectivity index (χ2v) is 1.54. The van der Waals surface area contributed by atoms with Crippen LogP contribution in [0.1, 0.15) is 6.92 Å². The van der Waals surface area contributed by atoms with Gasteiger partial charge in [0.2, 0.25) is 0 Å². The normalized spacial score (nSPS) is 13.3. The number of halogens is 2. The van der Waals surface area contributed by atoms with Gasteiger partial charge >= 0.3 is 0 Å². The summed E-state index contributed by atoms with van der Waals surface area (Å²) in [7, 11) is 3.40. The van der Waals surface area contributed by atoms with Crippen molar-refractivity contribution in [3.8, 4) is 0 Å². The Balaban J connectivity index is 0. The van der Waals surface area contributed by atoms with E-state index in [-0.39, 0.29) is 12.4 Å². The first-order chi connectivity index (χ1) is 2.64. The van der Waals surface area contributed by atoms with Crippen molar-refractivity contribution in [1.82, 2.24) is 4.90 Å². The van der Waals surface area contributed by atoms with Crippen LogP contribution in [0.5, 0.6) is 0 Å². The van der Waals surface area contributed by atoms with Crippen LogP contribution in [-0.2, 0) is 0 Å². The maximum atomic E-state index is 11.8. The number of hydrogen-bond acceptors (Lipinski definition) is 1. The molecule has 0 saturated carbocycles. The van der Waals surface area contributed by atoms with E-state index in [0.717, 1.165) is 0 Å². The Morgan fingerprint density at radius 2 is 1.57 bits per heavy atom. The van der Waals surface area contributed by atoms with Crippen LogP contribution in [0, 0.1) is 0 Å². The van der Waals surface area contributed by atoms with E-state index in [1.807, 2.05) is 0 Å². The van der Waals surface area contributed by atoms with Crippen molar-refractivity contribution in [3.05, 3.63) is 0 Å². The zero-order valence-electron chi connectivity index (χ0n) is 4.81. The Hall–Kier alpha value is 0.180. The fourth-order valence-electron chi connectivity index (χ4n) is 0. The summed E-state index contributed by atoms with van der Waals surface area (Å²) in [6.45, 7) is 1.50. The van der Waals surface area contributed by atoms with Gasteiger partial charge in [-0.25, -0.2) is 4.39 Å². The highest BCUT2D eigenvalue weighted by Crippen LogP contribution is 1.88. The highest BCUT2D eigenvalue weighted by Gasteiger charge is 1.95. The Morgan fingerprint density at radius 1 is 1.43 bits per heavy atom. The molecule has 0 aromatic rings. The zero-order valence-corrected chi connectivity index (χ0v) is 5.63. The fraction of sp³-hybridized carbons (Fsp3) is 1.00. The van der Waals surface area contributed by atoms with Crippen molar-refractivity contribution in [2.45, 2.75) is 13.2 Å². The van der Waals surface area contributed by atoms with Crippen molar-refractivity contribution >= 4 is 12.4 Å². The van der Waals surface area contributed by atoms with Gasteiger partial charge in [-0.2, -0.15) is 0 Å². The molecule has 0 saturated heterocycles. The van der Waals surface area contributed by atoms with E-state index in [1.54, 1.807) is 14.1 Å². The van der Waals surface area contributed by atoms with Gasteiger partial charge in [-0.15, -0.1) is 12.4 Å². The molecule has 0 aromatic heterocycles. The maximum absolute atomic E-state index is 11.8. The van der Waals surface area contributed by atoms with E-state index >= 15 is 0 Å². The summed E-state index contributed by atoms with van der Waals surface area (Å²) in [5.74, 6) is 0. The fourth-order valence-corrected chi connectivity index (χ4v) is 0. The van der Waals surface area contributed by atoms with Crippen LogP contribution in [0.4, 0.5) is 4.39 Å². The number of alkyl halides is 1. The van der Waals surface area contributed by atoms with E-state index in [2.05, 4.69) is 0 Å². The molecule has 0 bridgehead atoms. The molecule has 46 valence electrons. The van der Waals surface area contributed by atoms with Crippen LogP contribution >= 0.6 is 12.4 Å². The van der Waals surface area contributed by atoms with Gasteiger partial charge in [0, 0.05) is 0 Å². The molecule has 1 unspecified atom stereocenters. The SMILES string of the molecule is CC(F)N(C)C.Cl. The summed E-state index contributed by atoms with van der Waals surface area (Å²) in [6, 6.07) is 0. The lowest BCUT2D eigenvalue weighted by Crippen LogP contribution is -2.18. The monoisotopic (exact) mass is 127 g/mol. The average molecular weight is 128 g/mol. The van der Waals surface area contributed by atoms with Crippen LogP contribution in [-0.4, -0.2) is 25.3 Å². The summed E-state index contributed by atoms with van der Waals surface area (Å²) in [5.41, 5.74) is 0. The van der Waals surface area contributed by atoms with E-state index in [9.17, 15) is 4.39 Å². The molecule has 1 nitrogen and oxygen atoms in total. The quantitative estimate of drug-likeness (QED) is 0.480. The minimum Gasteiger partial charge on any atom is -0.280 e. The molecule has 0 spiro atoms. The first-order valence-electron chi connectivity index (χ1n) is 1.95. The van der Waals surface area contributed by atoms with Gasteiger partial charge in [0.1, 0.15) is 6.30 Å². The third-order valence-electron chi connectivity index (χ3n) is 0.712. The third kappa shape index (κ3) is 6.18. The predicted octanol–water partition coefficient (Wildman–Crippen LogP) is 1.29. The smallest absolute Gasteiger partial charge is 0.150 e. The van der Waals surface area contributed by atoms with Crippen LogP contribution in [0.2, 0.25) is 0 Å². The molecule has 0 aromatic carbocycles. The predicted molar refractivity (Wildman–Crippen MR) is 31.5 cm³/mol. The van der Waals surface area contributed by atoms with Crippen molar-refractivity contribution in [3.63, 3.8) is 0 Å². The van der Waals surface area contributed by atoms with Gasteiger partial charge in [0.05, 0.1) is 0 Å². The minimum atomic E-state index is -0.815. The Bertz CT molecular complexity index is 32.7.